The molecule has 0 fully saturated rings. The number of aromatic nitrogens is 1. The number of nitrogens with zero attached hydrogens (tertiary/aromatic N) is 1. The third kappa shape index (κ3) is 2.57. The highest BCUT2D eigenvalue weighted by atomic mass is 32.2. The molecule has 0 radical (unpaired) electrons. The van der Waals surface area contributed by atoms with Crippen LogP contribution in [0.25, 0.3) is 0 Å². The van der Waals surface area contributed by atoms with Gasteiger partial charge in [-0.2, -0.15) is 13.2 Å². The van der Waals surface area contributed by atoms with E-state index < -0.39 is 34.2 Å². The van der Waals surface area contributed by atoms with E-state index in [0.717, 1.165) is 12.3 Å². The predicted octanol–water partition coefficient (Wildman–Crippen LogP) is 0.201. The summed E-state index contributed by atoms with van der Waals surface area (Å²) < 4.78 is 48.1. The van der Waals surface area contributed by atoms with Crippen molar-refractivity contribution in [3.8, 4) is 0 Å². The summed E-state index contributed by atoms with van der Waals surface area (Å²) in [6.45, 7) is 0. The third-order valence-corrected chi connectivity index (χ3v) is 2.47. The second-order valence-electron chi connectivity index (χ2n) is 2.78. The Labute approximate surface area is 90.6 Å². The summed E-state index contributed by atoms with van der Waals surface area (Å²) in [6.07, 6.45) is -3.79. The van der Waals surface area contributed by atoms with E-state index in [0.29, 0.717) is 6.07 Å². The minimum atomic E-state index is -4.93. The van der Waals surface area contributed by atoms with Crippen molar-refractivity contribution in [1.82, 2.24) is 4.98 Å². The molecule has 0 spiro atoms. The zero-order valence-electron chi connectivity index (χ0n) is 7.87. The molecule has 0 aromatic carbocycles. The number of carboxylic acids is 1. The predicted molar refractivity (Wildman–Crippen MR) is 45.9 cm³/mol. The van der Waals surface area contributed by atoms with Crippen molar-refractivity contribution in [2.24, 2.45) is 0 Å². The zero-order chi connectivity index (χ0) is 12.5. The number of alkyl halides is 3. The molecule has 4 nitrogen and oxygen atoms in total. The number of pyridine rings is 1. The second kappa shape index (κ2) is 4.20. The number of carboxylic acid groups (broad SMARTS) is 1. The maximum atomic E-state index is 12.4. The van der Waals surface area contributed by atoms with Gasteiger partial charge in [0, 0.05) is 11.8 Å². The van der Waals surface area contributed by atoms with Crippen LogP contribution in [0, 0.1) is 0 Å². The van der Waals surface area contributed by atoms with E-state index in [1.165, 1.54) is 0 Å². The monoisotopic (exact) mass is 252 g/mol. The molecule has 1 aromatic rings. The molecule has 0 aliphatic carbocycles. The number of carbonyl (C=O) groups is 1. The number of halogens is 3. The van der Waals surface area contributed by atoms with Gasteiger partial charge < -0.3 is 9.90 Å². The van der Waals surface area contributed by atoms with Gasteiger partial charge in [-0.25, -0.2) is 4.98 Å². The maximum Gasteiger partial charge on any atom is 0.434 e. The first kappa shape index (κ1) is 12.6. The molecular formula is C8H5F3NO3S-. The number of hydrogen-bond acceptors (Lipinski definition) is 4. The summed E-state index contributed by atoms with van der Waals surface area (Å²) in [4.78, 5) is 13.4. The van der Waals surface area contributed by atoms with Gasteiger partial charge in [0.1, 0.15) is 5.03 Å². The van der Waals surface area contributed by atoms with Crippen LogP contribution in [0.4, 0.5) is 13.2 Å². The minimum absolute atomic E-state index is 0.336. The minimum Gasteiger partial charge on any atom is -0.545 e. The van der Waals surface area contributed by atoms with Crippen molar-refractivity contribution in [2.75, 3.05) is 6.26 Å². The SMILES string of the molecule is CS(=O)c1ccc(C(=O)[O-])c(C(F)(F)F)n1. The lowest BCUT2D eigenvalue weighted by Gasteiger charge is -2.12. The summed E-state index contributed by atoms with van der Waals surface area (Å²) in [6, 6.07) is 1.64. The number of carbonyl (C=O) groups excluding carboxylic acids is 1. The van der Waals surface area contributed by atoms with E-state index in [-0.39, 0.29) is 5.03 Å². The Morgan fingerprint density at radius 2 is 2.00 bits per heavy atom. The van der Waals surface area contributed by atoms with Gasteiger partial charge >= 0.3 is 6.18 Å². The zero-order valence-corrected chi connectivity index (χ0v) is 8.69. The highest BCUT2D eigenvalue weighted by molar-refractivity contribution is 7.84. The lowest BCUT2D eigenvalue weighted by Crippen LogP contribution is -2.27. The standard InChI is InChI=1S/C8H6F3NO3S/c1-16(15)5-3-2-4(7(13)14)6(12-5)8(9,10)11/h2-3H,1H3,(H,13,14)/p-1. The molecule has 1 heterocycles. The van der Waals surface area contributed by atoms with E-state index in [9.17, 15) is 27.3 Å². The lowest BCUT2D eigenvalue weighted by atomic mass is 10.2. The highest BCUT2D eigenvalue weighted by Gasteiger charge is 2.36. The molecule has 1 unspecified atom stereocenters. The molecule has 0 bridgehead atoms. The summed E-state index contributed by atoms with van der Waals surface area (Å²) in [5, 5.41) is 10.1. The Bertz CT molecular complexity index is 458. The van der Waals surface area contributed by atoms with Crippen LogP contribution in [0.3, 0.4) is 0 Å². The van der Waals surface area contributed by atoms with Gasteiger partial charge in [-0.15, -0.1) is 0 Å². The van der Waals surface area contributed by atoms with Gasteiger partial charge in [0.2, 0.25) is 0 Å². The molecule has 0 N–H and O–H groups in total. The molecule has 0 aliphatic rings. The van der Waals surface area contributed by atoms with E-state index in [2.05, 4.69) is 4.98 Å². The Balaban J connectivity index is 3.45. The van der Waals surface area contributed by atoms with Gasteiger partial charge in [-0.05, 0) is 12.1 Å². The van der Waals surface area contributed by atoms with Crippen LogP contribution >= 0.6 is 0 Å². The van der Waals surface area contributed by atoms with Crippen molar-refractivity contribution < 1.29 is 27.3 Å². The second-order valence-corrected chi connectivity index (χ2v) is 4.11. The summed E-state index contributed by atoms with van der Waals surface area (Å²) in [5.74, 6) is -1.98. The summed E-state index contributed by atoms with van der Waals surface area (Å²) >= 11 is 0. The van der Waals surface area contributed by atoms with Gasteiger partial charge in [-0.1, -0.05) is 0 Å². The molecule has 8 heteroatoms. The van der Waals surface area contributed by atoms with Crippen LogP contribution in [-0.4, -0.2) is 21.4 Å². The Kier molecular flexibility index (Phi) is 3.32. The lowest BCUT2D eigenvalue weighted by molar-refractivity contribution is -0.255. The van der Waals surface area contributed by atoms with E-state index in [1.807, 2.05) is 0 Å². The largest absolute Gasteiger partial charge is 0.545 e. The quantitative estimate of drug-likeness (QED) is 0.754. The van der Waals surface area contributed by atoms with Gasteiger partial charge in [0.15, 0.2) is 5.69 Å². The van der Waals surface area contributed by atoms with E-state index >= 15 is 0 Å². The van der Waals surface area contributed by atoms with Crippen molar-refractivity contribution in [1.29, 1.82) is 0 Å². The molecule has 0 saturated carbocycles. The van der Waals surface area contributed by atoms with Crippen LogP contribution in [0.15, 0.2) is 17.2 Å². The fourth-order valence-electron chi connectivity index (χ4n) is 0.982. The number of hydrogen-bond donors (Lipinski definition) is 0. The van der Waals surface area contributed by atoms with Crippen LogP contribution in [0.5, 0.6) is 0 Å². The maximum absolute atomic E-state index is 12.4. The number of rotatable bonds is 2. The first-order valence-electron chi connectivity index (χ1n) is 3.86. The van der Waals surface area contributed by atoms with E-state index in [4.69, 9.17) is 0 Å². The first-order valence-corrected chi connectivity index (χ1v) is 5.42. The topological polar surface area (TPSA) is 70.1 Å². The first-order chi connectivity index (χ1) is 7.23. The average Bonchev–Trinajstić information content (AvgIpc) is 2.15. The number of aromatic carboxylic acids is 1. The Morgan fingerprint density at radius 1 is 1.44 bits per heavy atom. The molecule has 16 heavy (non-hydrogen) atoms. The van der Waals surface area contributed by atoms with Crippen molar-refractivity contribution in [3.63, 3.8) is 0 Å². The molecule has 1 atom stereocenters. The molecule has 0 saturated heterocycles. The molecule has 0 aliphatic heterocycles. The molecule has 1 rings (SSSR count). The van der Waals surface area contributed by atoms with Crippen molar-refractivity contribution >= 4 is 16.8 Å². The normalized spacial score (nSPS) is 13.5. The van der Waals surface area contributed by atoms with Crippen LogP contribution in [-0.2, 0) is 17.0 Å². The Hall–Kier alpha value is -1.44. The smallest absolute Gasteiger partial charge is 0.434 e. The fraction of sp³-hybridized carbons (Fsp3) is 0.250. The van der Waals surface area contributed by atoms with Gasteiger partial charge in [0.25, 0.3) is 0 Å². The van der Waals surface area contributed by atoms with Gasteiger partial charge in [0.05, 0.1) is 16.8 Å². The summed E-state index contributed by atoms with van der Waals surface area (Å²) in [7, 11) is -1.72. The molecule has 0 amide bonds. The van der Waals surface area contributed by atoms with Crippen molar-refractivity contribution in [3.05, 3.63) is 23.4 Å². The van der Waals surface area contributed by atoms with Crippen LogP contribution in [0.1, 0.15) is 16.1 Å². The molecule has 88 valence electrons. The molecule has 1 aromatic heterocycles. The highest BCUT2D eigenvalue weighted by Crippen LogP contribution is 2.30. The van der Waals surface area contributed by atoms with E-state index in [1.54, 1.807) is 0 Å². The Morgan fingerprint density at radius 3 is 2.38 bits per heavy atom. The van der Waals surface area contributed by atoms with Crippen LogP contribution < -0.4 is 5.11 Å². The van der Waals surface area contributed by atoms with Gasteiger partial charge in [-0.3, -0.25) is 4.21 Å². The third-order valence-electron chi connectivity index (χ3n) is 1.65. The fourth-order valence-corrected chi connectivity index (χ4v) is 1.46. The van der Waals surface area contributed by atoms with Crippen molar-refractivity contribution in [2.45, 2.75) is 11.2 Å². The average molecular weight is 252 g/mol. The summed E-state index contributed by atoms with van der Waals surface area (Å²) in [5.41, 5.74) is -2.66. The molecular weight excluding hydrogens is 247 g/mol. The van der Waals surface area contributed by atoms with Crippen LogP contribution in [0.2, 0.25) is 0 Å².